The number of carboxylic acid groups (broad SMARTS) is 1. The molecular formula is C9H13F3N4O2. The molecular weight excluding hydrogens is 253 g/mol. The highest BCUT2D eigenvalue weighted by atomic mass is 19.4. The summed E-state index contributed by atoms with van der Waals surface area (Å²) in [5, 5.41) is 18.6. The van der Waals surface area contributed by atoms with Crippen molar-refractivity contribution in [1.29, 1.82) is 0 Å². The number of tetrazole rings is 1. The molecule has 0 spiro atoms. The Morgan fingerprint density at radius 3 is 2.67 bits per heavy atom. The van der Waals surface area contributed by atoms with Gasteiger partial charge < -0.3 is 5.11 Å². The fraction of sp³-hybridized carbons (Fsp3) is 0.778. The minimum atomic E-state index is -4.39. The number of carbonyl (C=O) groups is 1. The van der Waals surface area contributed by atoms with E-state index < -0.39 is 18.6 Å². The monoisotopic (exact) mass is 266 g/mol. The van der Waals surface area contributed by atoms with E-state index in [1.807, 2.05) is 0 Å². The highest BCUT2D eigenvalue weighted by Crippen LogP contribution is 2.20. The summed E-state index contributed by atoms with van der Waals surface area (Å²) in [5.74, 6) is -1.59. The largest absolute Gasteiger partial charge is 0.481 e. The normalized spacial score (nSPS) is 13.6. The molecule has 0 aromatic carbocycles. The summed E-state index contributed by atoms with van der Waals surface area (Å²) in [6.07, 6.45) is -5.20. The van der Waals surface area contributed by atoms with Gasteiger partial charge >= 0.3 is 12.1 Å². The van der Waals surface area contributed by atoms with Crippen molar-refractivity contribution < 1.29 is 23.1 Å². The summed E-state index contributed by atoms with van der Waals surface area (Å²) < 4.78 is 37.7. The third-order valence-electron chi connectivity index (χ3n) is 2.44. The lowest BCUT2D eigenvalue weighted by atomic mass is 10.0. The van der Waals surface area contributed by atoms with E-state index in [0.29, 0.717) is 6.42 Å². The lowest BCUT2D eigenvalue weighted by Crippen LogP contribution is -2.21. The Kier molecular flexibility index (Phi) is 4.62. The third-order valence-corrected chi connectivity index (χ3v) is 2.44. The quantitative estimate of drug-likeness (QED) is 0.838. The van der Waals surface area contributed by atoms with Gasteiger partial charge in [-0.25, -0.2) is 4.68 Å². The predicted octanol–water partition coefficient (Wildman–Crippen LogP) is 1.28. The zero-order chi connectivity index (χ0) is 13.8. The van der Waals surface area contributed by atoms with Crippen LogP contribution in [-0.2, 0) is 17.8 Å². The maximum absolute atomic E-state index is 12.2. The molecule has 0 fully saturated rings. The Morgan fingerprint density at radius 2 is 2.17 bits per heavy atom. The van der Waals surface area contributed by atoms with Gasteiger partial charge in [0.25, 0.3) is 0 Å². The molecule has 1 N–H and O–H groups in total. The molecule has 0 amide bonds. The molecule has 6 nitrogen and oxygen atoms in total. The van der Waals surface area contributed by atoms with Crippen molar-refractivity contribution in [1.82, 2.24) is 20.2 Å². The van der Waals surface area contributed by atoms with Gasteiger partial charge in [-0.1, -0.05) is 13.3 Å². The van der Waals surface area contributed by atoms with Gasteiger partial charge in [-0.2, -0.15) is 13.2 Å². The van der Waals surface area contributed by atoms with E-state index in [9.17, 15) is 18.0 Å². The summed E-state index contributed by atoms with van der Waals surface area (Å²) >= 11 is 0. The van der Waals surface area contributed by atoms with Crippen molar-refractivity contribution in [2.24, 2.45) is 5.92 Å². The van der Waals surface area contributed by atoms with Gasteiger partial charge in [0.1, 0.15) is 6.42 Å². The number of carboxylic acids is 1. The van der Waals surface area contributed by atoms with Crippen molar-refractivity contribution >= 4 is 5.97 Å². The topological polar surface area (TPSA) is 80.9 Å². The van der Waals surface area contributed by atoms with Crippen molar-refractivity contribution in [2.75, 3.05) is 0 Å². The molecule has 1 unspecified atom stereocenters. The number of halogens is 3. The molecule has 0 aliphatic rings. The highest BCUT2D eigenvalue weighted by Gasteiger charge is 2.31. The zero-order valence-corrected chi connectivity index (χ0v) is 9.68. The average molecular weight is 266 g/mol. The first kappa shape index (κ1) is 14.4. The molecule has 9 heteroatoms. The molecule has 1 aromatic rings. The SMILES string of the molecule is CCC(CC(=O)O)Cn1nnnc1CC(F)(F)F. The smallest absolute Gasteiger partial charge is 0.396 e. The Morgan fingerprint density at radius 1 is 1.50 bits per heavy atom. The lowest BCUT2D eigenvalue weighted by Gasteiger charge is -2.13. The van der Waals surface area contributed by atoms with Gasteiger partial charge in [0.15, 0.2) is 5.82 Å². The molecule has 1 atom stereocenters. The van der Waals surface area contributed by atoms with Gasteiger partial charge in [-0.3, -0.25) is 4.79 Å². The van der Waals surface area contributed by atoms with Gasteiger partial charge in [-0.15, -0.1) is 5.10 Å². The standard InChI is InChI=1S/C9H13F3N4O2/c1-2-6(3-8(17)18)5-16-7(13-14-15-16)4-9(10,11)12/h6H,2-5H2,1H3,(H,17,18). The van der Waals surface area contributed by atoms with E-state index in [0.717, 1.165) is 4.68 Å². The maximum Gasteiger partial charge on any atom is 0.396 e. The molecule has 1 heterocycles. The van der Waals surface area contributed by atoms with Crippen LogP contribution in [0, 0.1) is 5.92 Å². The van der Waals surface area contributed by atoms with Crippen LogP contribution in [0.25, 0.3) is 0 Å². The van der Waals surface area contributed by atoms with E-state index >= 15 is 0 Å². The number of nitrogens with zero attached hydrogens (tertiary/aromatic N) is 4. The molecule has 0 saturated heterocycles. The summed E-state index contributed by atoms with van der Waals surface area (Å²) in [5.41, 5.74) is 0. The number of hydrogen-bond acceptors (Lipinski definition) is 4. The summed E-state index contributed by atoms with van der Waals surface area (Å²) in [6, 6.07) is 0. The number of aliphatic carboxylic acids is 1. The minimum Gasteiger partial charge on any atom is -0.481 e. The van der Waals surface area contributed by atoms with Crippen LogP contribution in [0.4, 0.5) is 13.2 Å². The Balaban J connectivity index is 2.72. The molecule has 0 bridgehead atoms. The van der Waals surface area contributed by atoms with Crippen LogP contribution in [0.5, 0.6) is 0 Å². The van der Waals surface area contributed by atoms with E-state index in [4.69, 9.17) is 5.11 Å². The molecule has 0 saturated carbocycles. The zero-order valence-electron chi connectivity index (χ0n) is 9.68. The van der Waals surface area contributed by atoms with Gasteiger partial charge in [0, 0.05) is 13.0 Å². The Bertz CT molecular complexity index is 405. The average Bonchev–Trinajstić information content (AvgIpc) is 2.61. The molecule has 0 aliphatic carbocycles. The fourth-order valence-electron chi connectivity index (χ4n) is 1.50. The first-order valence-electron chi connectivity index (χ1n) is 5.35. The Hall–Kier alpha value is -1.67. The fourth-order valence-corrected chi connectivity index (χ4v) is 1.50. The molecule has 18 heavy (non-hydrogen) atoms. The number of rotatable bonds is 6. The highest BCUT2D eigenvalue weighted by molar-refractivity contribution is 5.66. The summed E-state index contributed by atoms with van der Waals surface area (Å²) in [6.45, 7) is 1.84. The van der Waals surface area contributed by atoms with E-state index in [1.165, 1.54) is 0 Å². The molecule has 0 aliphatic heterocycles. The lowest BCUT2D eigenvalue weighted by molar-refractivity contribution is -0.138. The molecule has 0 radical (unpaired) electrons. The minimum absolute atomic E-state index is 0.0706. The van der Waals surface area contributed by atoms with Crippen LogP contribution in [-0.4, -0.2) is 37.5 Å². The van der Waals surface area contributed by atoms with Crippen molar-refractivity contribution in [2.45, 2.75) is 38.9 Å². The second-order valence-electron chi connectivity index (χ2n) is 3.94. The van der Waals surface area contributed by atoms with Gasteiger partial charge in [0.2, 0.25) is 0 Å². The van der Waals surface area contributed by atoms with Crippen LogP contribution >= 0.6 is 0 Å². The van der Waals surface area contributed by atoms with Crippen LogP contribution in [0.3, 0.4) is 0 Å². The van der Waals surface area contributed by atoms with Gasteiger partial charge in [0.05, 0.1) is 0 Å². The van der Waals surface area contributed by atoms with E-state index in [1.54, 1.807) is 6.92 Å². The van der Waals surface area contributed by atoms with Crippen LogP contribution in [0.15, 0.2) is 0 Å². The molecule has 102 valence electrons. The number of hydrogen-bond donors (Lipinski definition) is 1. The van der Waals surface area contributed by atoms with Crippen LogP contribution in [0.1, 0.15) is 25.6 Å². The van der Waals surface area contributed by atoms with Crippen LogP contribution < -0.4 is 0 Å². The summed E-state index contributed by atoms with van der Waals surface area (Å²) in [7, 11) is 0. The summed E-state index contributed by atoms with van der Waals surface area (Å²) in [4.78, 5) is 10.6. The molecule has 1 aromatic heterocycles. The first-order chi connectivity index (χ1) is 8.31. The van der Waals surface area contributed by atoms with E-state index in [-0.39, 0.29) is 24.7 Å². The number of aromatic nitrogens is 4. The predicted molar refractivity (Wildman–Crippen MR) is 53.6 cm³/mol. The van der Waals surface area contributed by atoms with Crippen molar-refractivity contribution in [3.8, 4) is 0 Å². The second kappa shape index (κ2) is 5.78. The van der Waals surface area contributed by atoms with Gasteiger partial charge in [-0.05, 0) is 16.3 Å². The second-order valence-corrected chi connectivity index (χ2v) is 3.94. The van der Waals surface area contributed by atoms with Crippen molar-refractivity contribution in [3.05, 3.63) is 5.82 Å². The third kappa shape index (κ3) is 4.68. The molecule has 1 rings (SSSR count). The maximum atomic E-state index is 12.2. The Labute approximate surface area is 101 Å². The van der Waals surface area contributed by atoms with Crippen LogP contribution in [0.2, 0.25) is 0 Å². The van der Waals surface area contributed by atoms with E-state index in [2.05, 4.69) is 15.5 Å². The van der Waals surface area contributed by atoms with Crippen molar-refractivity contribution in [3.63, 3.8) is 0 Å². The number of alkyl halides is 3. The first-order valence-corrected chi connectivity index (χ1v) is 5.35.